The van der Waals surface area contributed by atoms with E-state index in [4.69, 9.17) is 4.74 Å². The molecule has 7 nitrogen and oxygen atoms in total. The molecule has 0 radical (unpaired) electrons. The summed E-state index contributed by atoms with van der Waals surface area (Å²) in [7, 11) is 0. The summed E-state index contributed by atoms with van der Waals surface area (Å²) in [4.78, 5) is 41.9. The fourth-order valence-corrected chi connectivity index (χ4v) is 9.70. The van der Waals surface area contributed by atoms with Crippen molar-refractivity contribution < 1.29 is 24.2 Å². The van der Waals surface area contributed by atoms with Gasteiger partial charge in [-0.05, 0) is 39.0 Å². The molecule has 4 rings (SSSR count). The van der Waals surface area contributed by atoms with Crippen LogP contribution in [0.5, 0.6) is 0 Å². The largest absolute Gasteiger partial charge is 0.466 e. The van der Waals surface area contributed by atoms with Gasteiger partial charge >= 0.3 is 5.97 Å². The van der Waals surface area contributed by atoms with E-state index in [1.165, 1.54) is 6.42 Å². The van der Waals surface area contributed by atoms with E-state index in [9.17, 15) is 19.5 Å². The number of nitrogens with one attached hydrogen (secondary N) is 1. The minimum Gasteiger partial charge on any atom is -0.466 e. The molecule has 4 fully saturated rings. The molecular weight excluding hydrogens is 484 g/mol. The summed E-state index contributed by atoms with van der Waals surface area (Å²) in [5, 5.41) is 12.4. The molecule has 3 aliphatic heterocycles. The van der Waals surface area contributed by atoms with Gasteiger partial charge in [0, 0.05) is 29.3 Å². The summed E-state index contributed by atoms with van der Waals surface area (Å²) < 4.78 is 4.75. The summed E-state index contributed by atoms with van der Waals surface area (Å²) in [6.45, 7) is 2.53. The highest BCUT2D eigenvalue weighted by molar-refractivity contribution is 9.09. The maximum absolute atomic E-state index is 13.6. The first-order chi connectivity index (χ1) is 14.9. The molecule has 1 aliphatic carbocycles. The minimum atomic E-state index is -0.606. The Morgan fingerprint density at radius 2 is 2.03 bits per heavy atom. The van der Waals surface area contributed by atoms with Gasteiger partial charge in [0.15, 0.2) is 0 Å². The Balaban J connectivity index is 1.64. The number of aliphatic hydroxyl groups is 1. The molecule has 4 aliphatic rings. The molecule has 3 saturated heterocycles. The van der Waals surface area contributed by atoms with Gasteiger partial charge in [0.1, 0.15) is 6.04 Å². The molecule has 2 amide bonds. The van der Waals surface area contributed by atoms with Gasteiger partial charge in [0.05, 0.1) is 23.2 Å². The van der Waals surface area contributed by atoms with Crippen LogP contribution in [0.1, 0.15) is 58.3 Å². The fourth-order valence-electron chi connectivity index (χ4n) is 6.10. The van der Waals surface area contributed by atoms with Crippen molar-refractivity contribution in [1.82, 2.24) is 10.2 Å². The Bertz CT molecular complexity index is 718. The predicted octanol–water partition coefficient (Wildman–Crippen LogP) is 2.24. The smallest absolute Gasteiger partial charge is 0.310 e. The van der Waals surface area contributed by atoms with Crippen LogP contribution >= 0.6 is 27.7 Å². The monoisotopic (exact) mass is 516 g/mol. The van der Waals surface area contributed by atoms with Crippen molar-refractivity contribution in [3.63, 3.8) is 0 Å². The zero-order valence-corrected chi connectivity index (χ0v) is 20.5. The van der Waals surface area contributed by atoms with Crippen LogP contribution in [0.3, 0.4) is 0 Å². The van der Waals surface area contributed by atoms with Gasteiger partial charge in [-0.2, -0.15) is 0 Å². The molecule has 31 heavy (non-hydrogen) atoms. The lowest BCUT2D eigenvalue weighted by atomic mass is 9.71. The number of aliphatic hydroxyl groups excluding tert-OH is 1. The van der Waals surface area contributed by atoms with Gasteiger partial charge in [0.25, 0.3) is 0 Å². The first-order valence-corrected chi connectivity index (χ1v) is 13.4. The number of carbonyl (C=O) groups is 3. The second-order valence-electron chi connectivity index (χ2n) is 9.22. The van der Waals surface area contributed by atoms with Gasteiger partial charge in [-0.15, -0.1) is 11.8 Å². The Hall–Kier alpha value is -0.800. The molecule has 9 heteroatoms. The average Bonchev–Trinajstić information content (AvgIpc) is 3.33. The summed E-state index contributed by atoms with van der Waals surface area (Å²) in [5.74, 6) is -1.55. The van der Waals surface area contributed by atoms with E-state index in [1.807, 2.05) is 0 Å². The van der Waals surface area contributed by atoms with E-state index in [2.05, 4.69) is 21.2 Å². The van der Waals surface area contributed by atoms with Crippen molar-refractivity contribution in [2.75, 3.05) is 19.8 Å². The summed E-state index contributed by atoms with van der Waals surface area (Å²) in [6, 6.07) is -0.421. The number of rotatable bonds is 8. The van der Waals surface area contributed by atoms with Crippen LogP contribution in [-0.4, -0.2) is 74.5 Å². The summed E-state index contributed by atoms with van der Waals surface area (Å²) in [5.41, 5.74) is 0. The third-order valence-electron chi connectivity index (χ3n) is 7.35. The molecular formula is C22H33BrN2O5S. The van der Waals surface area contributed by atoms with E-state index in [0.717, 1.165) is 25.7 Å². The van der Waals surface area contributed by atoms with Crippen LogP contribution in [0, 0.1) is 11.8 Å². The zero-order valence-electron chi connectivity index (χ0n) is 18.1. The number of likely N-dealkylation sites (tertiary alicyclic amines) is 1. The van der Waals surface area contributed by atoms with E-state index < -0.39 is 22.6 Å². The molecule has 6 atom stereocenters. The first kappa shape index (κ1) is 23.4. The number of thioether (sulfide) groups is 1. The van der Waals surface area contributed by atoms with Crippen LogP contribution in [0.2, 0.25) is 0 Å². The topological polar surface area (TPSA) is 95.9 Å². The Morgan fingerprint density at radius 3 is 2.71 bits per heavy atom. The third-order valence-corrected chi connectivity index (χ3v) is 10.6. The second kappa shape index (κ2) is 9.59. The minimum absolute atomic E-state index is 0.0568. The van der Waals surface area contributed by atoms with Crippen LogP contribution in [0.4, 0.5) is 0 Å². The highest BCUT2D eigenvalue weighted by atomic mass is 79.9. The van der Waals surface area contributed by atoms with Gasteiger partial charge in [0.2, 0.25) is 11.8 Å². The van der Waals surface area contributed by atoms with Crippen molar-refractivity contribution in [1.29, 1.82) is 0 Å². The first-order valence-electron chi connectivity index (χ1n) is 11.6. The zero-order chi connectivity index (χ0) is 22.2. The fraction of sp³-hybridized carbons (Fsp3) is 0.864. The number of nitrogens with zero attached hydrogens (tertiary/aromatic N) is 1. The van der Waals surface area contributed by atoms with E-state index in [1.54, 1.807) is 23.6 Å². The molecule has 3 heterocycles. The number of amides is 2. The molecule has 0 aromatic carbocycles. The van der Waals surface area contributed by atoms with E-state index in [0.29, 0.717) is 25.8 Å². The van der Waals surface area contributed by atoms with Crippen molar-refractivity contribution in [2.24, 2.45) is 11.8 Å². The van der Waals surface area contributed by atoms with Crippen molar-refractivity contribution in [2.45, 2.75) is 85.2 Å². The summed E-state index contributed by atoms with van der Waals surface area (Å²) >= 11 is 5.39. The summed E-state index contributed by atoms with van der Waals surface area (Å²) in [6.07, 6.45) is 7.31. The highest BCUT2D eigenvalue weighted by Crippen LogP contribution is 2.67. The number of unbranched alkanes of at least 4 members (excludes halogenated alkanes) is 1. The van der Waals surface area contributed by atoms with Crippen LogP contribution in [-0.2, 0) is 19.1 Å². The number of hydrogen-bond acceptors (Lipinski definition) is 6. The van der Waals surface area contributed by atoms with Crippen molar-refractivity contribution in [3.05, 3.63) is 0 Å². The number of ether oxygens (including phenoxy) is 1. The lowest BCUT2D eigenvalue weighted by Gasteiger charge is -2.36. The SMILES string of the molecule is CCOC(=O)[C@H]1[C@@H]2SC3(CC2Br)C(C(=O)NC2CCCCC2)N(CCCCO)C(=O)[C@H]13. The quantitative estimate of drug-likeness (QED) is 0.291. The van der Waals surface area contributed by atoms with Gasteiger partial charge in [-0.3, -0.25) is 14.4 Å². The molecule has 2 bridgehead atoms. The lowest BCUT2D eigenvalue weighted by molar-refractivity contribution is -0.153. The maximum atomic E-state index is 13.6. The standard InChI is InChI=1S/C22H33BrN2O5S/c1-2-30-21(29)15-16-20(28)25(10-6-7-11-26)18(22(16)12-14(23)17(15)31-22)19(27)24-13-8-4-3-5-9-13/h13-18,26H,2-12H2,1H3,(H,24,27)/t14?,15-,16+,17-,18?,22?/m1/s1. The number of alkyl halides is 1. The van der Waals surface area contributed by atoms with E-state index >= 15 is 0 Å². The molecule has 2 N–H and O–H groups in total. The van der Waals surface area contributed by atoms with Crippen molar-refractivity contribution >= 4 is 45.5 Å². The molecule has 174 valence electrons. The average molecular weight is 517 g/mol. The lowest BCUT2D eigenvalue weighted by Crippen LogP contribution is -2.56. The predicted molar refractivity (Wildman–Crippen MR) is 122 cm³/mol. The third kappa shape index (κ3) is 4.03. The Labute approximate surface area is 196 Å². The normalized spacial score (nSPS) is 37.2. The number of fused-ring (bicyclic) bond motifs is 1. The number of halogens is 1. The Morgan fingerprint density at radius 1 is 1.29 bits per heavy atom. The molecule has 0 aromatic heterocycles. The van der Waals surface area contributed by atoms with Gasteiger partial charge < -0.3 is 20.1 Å². The van der Waals surface area contributed by atoms with Gasteiger partial charge in [-0.1, -0.05) is 35.2 Å². The van der Waals surface area contributed by atoms with Crippen LogP contribution in [0.15, 0.2) is 0 Å². The van der Waals surface area contributed by atoms with Crippen LogP contribution < -0.4 is 5.32 Å². The molecule has 1 saturated carbocycles. The van der Waals surface area contributed by atoms with Crippen molar-refractivity contribution in [3.8, 4) is 0 Å². The Kier molecular flexibility index (Phi) is 7.23. The number of carbonyl (C=O) groups excluding carboxylic acids is 3. The number of hydrogen-bond donors (Lipinski definition) is 2. The highest BCUT2D eigenvalue weighted by Gasteiger charge is 2.75. The number of esters is 1. The second-order valence-corrected chi connectivity index (χ2v) is 11.9. The van der Waals surface area contributed by atoms with Gasteiger partial charge in [-0.25, -0.2) is 0 Å². The maximum Gasteiger partial charge on any atom is 0.310 e. The van der Waals surface area contributed by atoms with E-state index in [-0.39, 0.29) is 47.1 Å². The molecule has 1 spiro atoms. The molecule has 3 unspecified atom stereocenters. The van der Waals surface area contributed by atoms with Crippen LogP contribution in [0.25, 0.3) is 0 Å². The molecule has 0 aromatic rings.